The Bertz CT molecular complexity index is 881. The molecule has 3 rings (SSSR count). The molecule has 0 unspecified atom stereocenters. The van der Waals surface area contributed by atoms with Crippen molar-refractivity contribution in [3.8, 4) is 0 Å². The number of benzene rings is 1. The summed E-state index contributed by atoms with van der Waals surface area (Å²) in [6.45, 7) is 5.25. The number of amides is 1. The third kappa shape index (κ3) is 2.65. The molecule has 0 radical (unpaired) electrons. The number of hydrogen-bond donors (Lipinski definition) is 2. The fourth-order valence-corrected chi connectivity index (χ4v) is 3.12. The van der Waals surface area contributed by atoms with Crippen LogP contribution in [0.2, 0.25) is 0 Å². The molecule has 122 valence electrons. The van der Waals surface area contributed by atoms with E-state index in [4.69, 9.17) is 12.2 Å². The predicted molar refractivity (Wildman–Crippen MR) is 97.9 cm³/mol. The average Bonchev–Trinajstić information content (AvgIpc) is 2.99. The Morgan fingerprint density at radius 1 is 1.21 bits per heavy atom. The first-order chi connectivity index (χ1) is 11.4. The minimum atomic E-state index is -0.212. The minimum absolute atomic E-state index is 0.0348. The maximum absolute atomic E-state index is 12.7. The Hall–Kier alpha value is -2.73. The molecule has 0 atom stereocenters. The zero-order chi connectivity index (χ0) is 17.4. The van der Waals surface area contributed by atoms with E-state index in [1.807, 2.05) is 44.2 Å². The van der Waals surface area contributed by atoms with Gasteiger partial charge in [-0.25, -0.2) is 0 Å². The van der Waals surface area contributed by atoms with Crippen molar-refractivity contribution in [1.29, 1.82) is 0 Å². The van der Waals surface area contributed by atoms with Gasteiger partial charge in [-0.2, -0.15) is 0 Å². The van der Waals surface area contributed by atoms with Crippen LogP contribution in [0.3, 0.4) is 0 Å². The van der Waals surface area contributed by atoms with Crippen LogP contribution in [-0.4, -0.2) is 21.8 Å². The van der Waals surface area contributed by atoms with Crippen molar-refractivity contribution in [2.45, 2.75) is 20.8 Å². The number of Topliss-reactive ketones (excluding diaryl/α,β-unsaturated/α-hetero) is 1. The van der Waals surface area contributed by atoms with Crippen LogP contribution < -0.4 is 10.2 Å². The molecule has 6 heteroatoms. The van der Waals surface area contributed by atoms with Crippen molar-refractivity contribution >= 4 is 40.8 Å². The standard InChI is InChI=1S/C18H17N3O2S/c1-10-14(11(2)19-16(10)12(3)22)9-15-17(23)21(18(24)20-15)13-7-5-4-6-8-13/h4-9,19H,1-3H3,(H,20,24)/b15-9+. The number of aromatic amines is 1. The van der Waals surface area contributed by atoms with E-state index in [1.165, 1.54) is 11.8 Å². The van der Waals surface area contributed by atoms with Crippen molar-refractivity contribution in [2.75, 3.05) is 4.90 Å². The highest BCUT2D eigenvalue weighted by molar-refractivity contribution is 7.80. The van der Waals surface area contributed by atoms with Gasteiger partial charge in [0, 0.05) is 18.2 Å². The number of nitrogens with zero attached hydrogens (tertiary/aromatic N) is 1. The van der Waals surface area contributed by atoms with Gasteiger partial charge >= 0.3 is 0 Å². The van der Waals surface area contributed by atoms with Gasteiger partial charge in [0.05, 0.1) is 11.4 Å². The SMILES string of the molecule is CC(=O)c1[nH]c(C)c(/C=C2/NC(=S)N(c3ccccc3)C2=O)c1C. The number of ketones is 1. The van der Waals surface area contributed by atoms with Gasteiger partial charge in [0.15, 0.2) is 10.9 Å². The lowest BCUT2D eigenvalue weighted by molar-refractivity contribution is -0.113. The number of para-hydroxylation sites is 1. The molecule has 2 N–H and O–H groups in total. The fourth-order valence-electron chi connectivity index (χ4n) is 2.82. The summed E-state index contributed by atoms with van der Waals surface area (Å²) < 4.78 is 0. The number of carbonyl (C=O) groups excluding carboxylic acids is 2. The first-order valence-electron chi connectivity index (χ1n) is 7.52. The maximum atomic E-state index is 12.7. The topological polar surface area (TPSA) is 65.2 Å². The van der Waals surface area contributed by atoms with E-state index in [0.717, 1.165) is 22.5 Å². The minimum Gasteiger partial charge on any atom is -0.356 e. The van der Waals surface area contributed by atoms with E-state index < -0.39 is 0 Å². The number of aromatic nitrogens is 1. The van der Waals surface area contributed by atoms with Gasteiger partial charge in [-0.05, 0) is 49.8 Å². The lowest BCUT2D eigenvalue weighted by atomic mass is 10.1. The lowest BCUT2D eigenvalue weighted by Crippen LogP contribution is -2.30. The molecule has 1 aliphatic rings. The molecule has 1 fully saturated rings. The highest BCUT2D eigenvalue weighted by Gasteiger charge is 2.32. The summed E-state index contributed by atoms with van der Waals surface area (Å²) in [6, 6.07) is 9.25. The Kier molecular flexibility index (Phi) is 4.07. The number of carbonyl (C=O) groups is 2. The van der Waals surface area contributed by atoms with E-state index in [2.05, 4.69) is 10.3 Å². The highest BCUT2D eigenvalue weighted by atomic mass is 32.1. The summed E-state index contributed by atoms with van der Waals surface area (Å²) in [7, 11) is 0. The molecule has 5 nitrogen and oxygen atoms in total. The molecular weight excluding hydrogens is 322 g/mol. The van der Waals surface area contributed by atoms with Crippen molar-refractivity contribution in [3.63, 3.8) is 0 Å². The molecule has 1 amide bonds. The molecule has 0 saturated carbocycles. The van der Waals surface area contributed by atoms with E-state index >= 15 is 0 Å². The first kappa shape index (κ1) is 16.1. The summed E-state index contributed by atoms with van der Waals surface area (Å²) in [5.74, 6) is -0.247. The molecule has 0 spiro atoms. The van der Waals surface area contributed by atoms with Crippen LogP contribution in [0, 0.1) is 13.8 Å². The van der Waals surface area contributed by atoms with Crippen molar-refractivity contribution in [1.82, 2.24) is 10.3 Å². The summed E-state index contributed by atoms with van der Waals surface area (Å²) in [5.41, 5.74) is 4.16. The Morgan fingerprint density at radius 3 is 2.46 bits per heavy atom. The van der Waals surface area contributed by atoms with E-state index in [1.54, 1.807) is 6.08 Å². The molecule has 0 bridgehead atoms. The molecule has 1 saturated heterocycles. The number of nitrogens with one attached hydrogen (secondary N) is 2. The van der Waals surface area contributed by atoms with E-state index in [0.29, 0.717) is 16.5 Å². The van der Waals surface area contributed by atoms with Gasteiger partial charge in [-0.3, -0.25) is 14.5 Å². The summed E-state index contributed by atoms with van der Waals surface area (Å²) in [4.78, 5) is 28.9. The number of hydrogen-bond acceptors (Lipinski definition) is 3. The molecule has 1 aromatic carbocycles. The van der Waals surface area contributed by atoms with Crippen LogP contribution in [0.25, 0.3) is 6.08 Å². The van der Waals surface area contributed by atoms with E-state index in [9.17, 15) is 9.59 Å². The summed E-state index contributed by atoms with van der Waals surface area (Å²) in [6.07, 6.45) is 1.74. The second-order valence-corrected chi connectivity index (χ2v) is 6.07. The summed E-state index contributed by atoms with van der Waals surface area (Å²) in [5, 5.41) is 3.31. The monoisotopic (exact) mass is 339 g/mol. The second-order valence-electron chi connectivity index (χ2n) is 5.68. The first-order valence-corrected chi connectivity index (χ1v) is 7.93. The van der Waals surface area contributed by atoms with Gasteiger partial charge in [-0.1, -0.05) is 18.2 Å². The lowest BCUT2D eigenvalue weighted by Gasteiger charge is -2.13. The van der Waals surface area contributed by atoms with Crippen LogP contribution in [-0.2, 0) is 4.79 Å². The zero-order valence-corrected chi connectivity index (χ0v) is 14.5. The zero-order valence-electron chi connectivity index (χ0n) is 13.6. The Morgan fingerprint density at radius 2 is 1.88 bits per heavy atom. The second kappa shape index (κ2) is 6.05. The van der Waals surface area contributed by atoms with E-state index in [-0.39, 0.29) is 11.7 Å². The summed E-state index contributed by atoms with van der Waals surface area (Å²) >= 11 is 5.30. The normalized spacial score (nSPS) is 16.0. The van der Waals surface area contributed by atoms with Crippen LogP contribution in [0.15, 0.2) is 36.0 Å². The van der Waals surface area contributed by atoms with Gasteiger partial charge in [-0.15, -0.1) is 0 Å². The van der Waals surface area contributed by atoms with Gasteiger partial charge < -0.3 is 10.3 Å². The number of thiocarbonyl (C=S) groups is 1. The fraction of sp³-hybridized carbons (Fsp3) is 0.167. The number of H-pyrrole nitrogens is 1. The largest absolute Gasteiger partial charge is 0.356 e. The van der Waals surface area contributed by atoms with Crippen molar-refractivity contribution < 1.29 is 9.59 Å². The molecule has 2 aromatic rings. The number of anilines is 1. The molecule has 1 aliphatic heterocycles. The third-order valence-electron chi connectivity index (χ3n) is 4.03. The molecule has 1 aromatic heterocycles. The number of rotatable bonds is 3. The smallest absolute Gasteiger partial charge is 0.281 e. The van der Waals surface area contributed by atoms with Crippen LogP contribution >= 0.6 is 12.2 Å². The third-order valence-corrected chi connectivity index (χ3v) is 4.31. The van der Waals surface area contributed by atoms with Gasteiger partial charge in [0.1, 0.15) is 5.70 Å². The molecule has 0 aliphatic carbocycles. The van der Waals surface area contributed by atoms with Gasteiger partial charge in [0.2, 0.25) is 0 Å². The Balaban J connectivity index is 2.00. The van der Waals surface area contributed by atoms with Crippen LogP contribution in [0.5, 0.6) is 0 Å². The molecule has 24 heavy (non-hydrogen) atoms. The average molecular weight is 339 g/mol. The van der Waals surface area contributed by atoms with Crippen LogP contribution in [0.4, 0.5) is 5.69 Å². The predicted octanol–water partition coefficient (Wildman–Crippen LogP) is 3.10. The Labute approximate surface area is 145 Å². The maximum Gasteiger partial charge on any atom is 0.281 e. The highest BCUT2D eigenvalue weighted by Crippen LogP contribution is 2.25. The van der Waals surface area contributed by atoms with Crippen LogP contribution in [0.1, 0.15) is 34.2 Å². The quantitative estimate of drug-likeness (QED) is 0.512. The molecule has 2 heterocycles. The van der Waals surface area contributed by atoms with Gasteiger partial charge in [0.25, 0.3) is 5.91 Å². The van der Waals surface area contributed by atoms with Crippen molar-refractivity contribution in [2.24, 2.45) is 0 Å². The van der Waals surface area contributed by atoms with Crippen molar-refractivity contribution in [3.05, 3.63) is 58.5 Å². The number of aryl methyl sites for hydroxylation is 1. The molecular formula is C18H17N3O2S.